The van der Waals surface area contributed by atoms with E-state index in [0.717, 1.165) is 4.68 Å². The lowest BCUT2D eigenvalue weighted by molar-refractivity contribution is 0.0508. The predicted octanol–water partition coefficient (Wildman–Crippen LogP) is 1.06. The Morgan fingerprint density at radius 3 is 2.67 bits per heavy atom. The SMILES string of the molecule is CC(C)(C)OC(=O)n1ncc(N)c1C=O. The van der Waals surface area contributed by atoms with Crippen molar-refractivity contribution in [2.45, 2.75) is 26.4 Å². The molecule has 0 unspecified atom stereocenters. The number of rotatable bonds is 1. The van der Waals surface area contributed by atoms with Crippen molar-refractivity contribution in [2.75, 3.05) is 5.73 Å². The molecule has 0 aliphatic rings. The van der Waals surface area contributed by atoms with Crippen LogP contribution in [-0.2, 0) is 4.74 Å². The molecule has 1 heterocycles. The first kappa shape index (κ1) is 11.2. The number of anilines is 1. The molecule has 0 amide bonds. The molecule has 0 aliphatic heterocycles. The first-order chi connectivity index (χ1) is 6.85. The minimum absolute atomic E-state index is 0.00394. The molecule has 0 aromatic carbocycles. The van der Waals surface area contributed by atoms with E-state index in [9.17, 15) is 9.59 Å². The third kappa shape index (κ3) is 2.55. The molecule has 6 nitrogen and oxygen atoms in total. The normalized spacial score (nSPS) is 11.1. The highest BCUT2D eigenvalue weighted by Crippen LogP contribution is 2.12. The highest BCUT2D eigenvalue weighted by molar-refractivity contribution is 5.86. The summed E-state index contributed by atoms with van der Waals surface area (Å²) in [4.78, 5) is 22.1. The fraction of sp³-hybridized carbons (Fsp3) is 0.444. The van der Waals surface area contributed by atoms with Gasteiger partial charge in [-0.3, -0.25) is 4.79 Å². The van der Waals surface area contributed by atoms with Gasteiger partial charge in [0.05, 0.1) is 11.9 Å². The van der Waals surface area contributed by atoms with Gasteiger partial charge in [-0.2, -0.15) is 9.78 Å². The molecule has 1 rings (SSSR count). The van der Waals surface area contributed by atoms with Crippen molar-refractivity contribution in [3.8, 4) is 0 Å². The zero-order chi connectivity index (χ0) is 11.6. The lowest BCUT2D eigenvalue weighted by atomic mass is 10.2. The summed E-state index contributed by atoms with van der Waals surface area (Å²) in [6.07, 6.45) is 0.973. The summed E-state index contributed by atoms with van der Waals surface area (Å²) in [5.41, 5.74) is 4.94. The van der Waals surface area contributed by atoms with Crippen LogP contribution in [0.1, 0.15) is 31.3 Å². The third-order valence-corrected chi connectivity index (χ3v) is 1.51. The molecule has 0 aliphatic carbocycles. The van der Waals surface area contributed by atoms with Crippen molar-refractivity contribution in [2.24, 2.45) is 0 Å². The van der Waals surface area contributed by atoms with Gasteiger partial charge in [0, 0.05) is 0 Å². The Hall–Kier alpha value is -1.85. The van der Waals surface area contributed by atoms with Gasteiger partial charge >= 0.3 is 6.09 Å². The molecule has 82 valence electrons. The lowest BCUT2D eigenvalue weighted by Crippen LogP contribution is -2.28. The second-order valence-electron chi connectivity index (χ2n) is 4.00. The van der Waals surface area contributed by atoms with Crippen LogP contribution < -0.4 is 5.73 Å². The van der Waals surface area contributed by atoms with Gasteiger partial charge in [0.15, 0.2) is 6.29 Å². The highest BCUT2D eigenvalue weighted by atomic mass is 16.6. The molecule has 0 radical (unpaired) electrons. The molecule has 1 aromatic heterocycles. The molecule has 1 aromatic rings. The molecule has 0 atom stereocenters. The molecule has 0 saturated heterocycles. The minimum atomic E-state index is -0.721. The summed E-state index contributed by atoms with van der Waals surface area (Å²) < 4.78 is 5.87. The first-order valence-corrected chi connectivity index (χ1v) is 4.37. The Morgan fingerprint density at radius 2 is 2.20 bits per heavy atom. The van der Waals surface area contributed by atoms with Gasteiger partial charge in [0.2, 0.25) is 0 Å². The summed E-state index contributed by atoms with van der Waals surface area (Å²) in [6.45, 7) is 5.16. The standard InChI is InChI=1S/C9H13N3O3/c1-9(2,3)15-8(14)12-7(5-13)6(10)4-11-12/h4-5H,10H2,1-3H3. The van der Waals surface area contributed by atoms with Crippen LogP contribution in [0.2, 0.25) is 0 Å². The molecule has 0 saturated carbocycles. The highest BCUT2D eigenvalue weighted by Gasteiger charge is 2.21. The van der Waals surface area contributed by atoms with Crippen LogP contribution in [0.25, 0.3) is 0 Å². The summed E-state index contributed by atoms with van der Waals surface area (Å²) in [5.74, 6) is 0. The molecular weight excluding hydrogens is 198 g/mol. The number of hydrogen-bond acceptors (Lipinski definition) is 5. The van der Waals surface area contributed by atoms with Gasteiger partial charge in [-0.05, 0) is 20.8 Å². The van der Waals surface area contributed by atoms with E-state index in [2.05, 4.69) is 5.10 Å². The van der Waals surface area contributed by atoms with E-state index in [1.54, 1.807) is 20.8 Å². The number of nitrogens with two attached hydrogens (primary N) is 1. The van der Waals surface area contributed by atoms with Crippen LogP contribution in [-0.4, -0.2) is 27.8 Å². The Morgan fingerprint density at radius 1 is 1.60 bits per heavy atom. The van der Waals surface area contributed by atoms with E-state index < -0.39 is 11.7 Å². The largest absolute Gasteiger partial charge is 0.442 e. The molecule has 0 spiro atoms. The Bertz CT molecular complexity index is 390. The Labute approximate surface area is 87.0 Å². The molecule has 0 fully saturated rings. The summed E-state index contributed by atoms with van der Waals surface area (Å²) >= 11 is 0. The van der Waals surface area contributed by atoms with Crippen molar-refractivity contribution in [1.82, 2.24) is 9.78 Å². The van der Waals surface area contributed by atoms with E-state index in [1.807, 2.05) is 0 Å². The number of nitrogens with zero attached hydrogens (tertiary/aromatic N) is 2. The summed E-state index contributed by atoms with van der Waals surface area (Å²) in [6, 6.07) is 0. The fourth-order valence-corrected chi connectivity index (χ4v) is 0.939. The molecule has 0 bridgehead atoms. The van der Waals surface area contributed by atoms with Gasteiger partial charge in [-0.25, -0.2) is 4.79 Å². The van der Waals surface area contributed by atoms with Crippen molar-refractivity contribution in [3.63, 3.8) is 0 Å². The second-order valence-corrected chi connectivity index (χ2v) is 4.00. The van der Waals surface area contributed by atoms with Crippen LogP contribution in [0, 0.1) is 0 Å². The second kappa shape index (κ2) is 3.72. The van der Waals surface area contributed by atoms with Crippen molar-refractivity contribution < 1.29 is 14.3 Å². The van der Waals surface area contributed by atoms with E-state index >= 15 is 0 Å². The zero-order valence-corrected chi connectivity index (χ0v) is 8.85. The minimum Gasteiger partial charge on any atom is -0.442 e. The van der Waals surface area contributed by atoms with Crippen LogP contribution in [0.5, 0.6) is 0 Å². The van der Waals surface area contributed by atoms with Gasteiger partial charge in [0.25, 0.3) is 0 Å². The van der Waals surface area contributed by atoms with Gasteiger partial charge in [-0.15, -0.1) is 0 Å². The van der Waals surface area contributed by atoms with Gasteiger partial charge in [-0.1, -0.05) is 0 Å². The van der Waals surface area contributed by atoms with Crippen LogP contribution >= 0.6 is 0 Å². The monoisotopic (exact) mass is 211 g/mol. The average Bonchev–Trinajstić information content (AvgIpc) is 2.43. The maximum absolute atomic E-state index is 11.5. The maximum atomic E-state index is 11.5. The lowest BCUT2D eigenvalue weighted by Gasteiger charge is -2.19. The van der Waals surface area contributed by atoms with E-state index in [0.29, 0.717) is 6.29 Å². The van der Waals surface area contributed by atoms with Crippen LogP contribution in [0.15, 0.2) is 6.20 Å². The number of nitrogen functional groups attached to an aromatic ring is 1. The van der Waals surface area contributed by atoms with E-state index in [4.69, 9.17) is 10.5 Å². The van der Waals surface area contributed by atoms with Crippen molar-refractivity contribution in [1.29, 1.82) is 0 Å². The van der Waals surface area contributed by atoms with Gasteiger partial charge in [0.1, 0.15) is 11.3 Å². The Kier molecular flexibility index (Phi) is 2.78. The smallest absolute Gasteiger partial charge is 0.435 e. The van der Waals surface area contributed by atoms with Crippen molar-refractivity contribution in [3.05, 3.63) is 11.9 Å². The predicted molar refractivity (Wildman–Crippen MR) is 53.7 cm³/mol. The van der Waals surface area contributed by atoms with E-state index in [-0.39, 0.29) is 11.4 Å². The number of aldehydes is 1. The van der Waals surface area contributed by atoms with Crippen LogP contribution in [0.3, 0.4) is 0 Å². The molecule has 2 N–H and O–H groups in total. The third-order valence-electron chi connectivity index (χ3n) is 1.51. The summed E-state index contributed by atoms with van der Waals surface area (Å²) in [7, 11) is 0. The number of hydrogen-bond donors (Lipinski definition) is 1. The average molecular weight is 211 g/mol. The fourth-order valence-electron chi connectivity index (χ4n) is 0.939. The number of ether oxygens (including phenoxy) is 1. The summed E-state index contributed by atoms with van der Waals surface area (Å²) in [5, 5.41) is 3.66. The first-order valence-electron chi connectivity index (χ1n) is 4.37. The van der Waals surface area contributed by atoms with Gasteiger partial charge < -0.3 is 10.5 Å². The quantitative estimate of drug-likeness (QED) is 0.702. The van der Waals surface area contributed by atoms with E-state index in [1.165, 1.54) is 6.20 Å². The molecule has 15 heavy (non-hydrogen) atoms. The zero-order valence-electron chi connectivity index (χ0n) is 8.85. The van der Waals surface area contributed by atoms with Crippen molar-refractivity contribution >= 4 is 18.1 Å². The topological polar surface area (TPSA) is 87.2 Å². The number of carbonyl (C=O) groups is 2. The maximum Gasteiger partial charge on any atom is 0.435 e. The molecular formula is C9H13N3O3. The Balaban J connectivity index is 2.97. The number of carbonyl (C=O) groups excluding carboxylic acids is 2. The van der Waals surface area contributed by atoms with Crippen LogP contribution in [0.4, 0.5) is 10.5 Å². The number of aromatic nitrogens is 2. The molecule has 6 heteroatoms.